The lowest BCUT2D eigenvalue weighted by Gasteiger charge is -2.47. The van der Waals surface area contributed by atoms with Gasteiger partial charge in [0, 0.05) is 42.9 Å². The number of aromatic nitrogens is 1. The zero-order chi connectivity index (χ0) is 28.3. The van der Waals surface area contributed by atoms with Crippen LogP contribution in [-0.2, 0) is 22.4 Å². The molecule has 7 heteroatoms. The summed E-state index contributed by atoms with van der Waals surface area (Å²) in [6, 6.07) is 9.41. The number of ether oxygens (including phenoxy) is 2. The van der Waals surface area contributed by atoms with E-state index in [-0.39, 0.29) is 23.0 Å². The molecule has 0 bridgehead atoms. The Balaban J connectivity index is 1.33. The van der Waals surface area contributed by atoms with Crippen LogP contribution in [0.1, 0.15) is 87.6 Å². The van der Waals surface area contributed by atoms with Crippen LogP contribution in [0.2, 0.25) is 0 Å². The molecular weight excluding hydrogens is 502 g/mol. The van der Waals surface area contributed by atoms with Crippen LogP contribution in [0.25, 0.3) is 0 Å². The second-order valence-corrected chi connectivity index (χ2v) is 13.0. The lowest BCUT2D eigenvalue weighted by molar-refractivity contribution is -0.131. The summed E-state index contributed by atoms with van der Waals surface area (Å²) >= 11 is 0. The average molecular weight is 546 g/mol. The van der Waals surface area contributed by atoms with E-state index in [1.807, 2.05) is 30.5 Å². The molecule has 1 saturated heterocycles. The number of nitrogens with zero attached hydrogens (tertiary/aromatic N) is 1. The van der Waals surface area contributed by atoms with Gasteiger partial charge in [-0.3, -0.25) is 4.79 Å². The highest BCUT2D eigenvalue weighted by molar-refractivity contribution is 5.81. The summed E-state index contributed by atoms with van der Waals surface area (Å²) in [5, 5.41) is 18.2. The number of rotatable bonds is 9. The minimum absolute atomic E-state index is 0.00500. The third-order valence-corrected chi connectivity index (χ3v) is 8.34. The highest BCUT2D eigenvalue weighted by Crippen LogP contribution is 2.48. The van der Waals surface area contributed by atoms with E-state index in [0.717, 1.165) is 55.2 Å². The molecule has 1 aliphatic carbocycles. The molecule has 3 heterocycles. The predicted octanol–water partition coefficient (Wildman–Crippen LogP) is 4.25. The zero-order valence-electron chi connectivity index (χ0n) is 24.0. The van der Waals surface area contributed by atoms with Crippen molar-refractivity contribution in [1.29, 1.82) is 0 Å². The molecule has 0 unspecified atom stereocenters. The maximum absolute atomic E-state index is 13.0. The van der Waals surface area contributed by atoms with Crippen LogP contribution in [0, 0.1) is 17.8 Å². The molecule has 214 valence electrons. The van der Waals surface area contributed by atoms with Gasteiger partial charge in [-0.25, -0.2) is 4.98 Å². The fourth-order valence-corrected chi connectivity index (χ4v) is 6.14. The van der Waals surface area contributed by atoms with Crippen LogP contribution in [0.5, 0.6) is 5.88 Å². The number of pyridine rings is 1. The number of nitrogens with one attached hydrogen (secondary N) is 2. The topological polar surface area (TPSA) is 92.7 Å². The van der Waals surface area contributed by atoms with E-state index in [1.54, 1.807) is 0 Å². The Kier molecular flexibility index (Phi) is 8.51. The number of fused-ring (bicyclic) bond motifs is 1. The summed E-state index contributed by atoms with van der Waals surface area (Å²) in [7, 11) is 0. The molecule has 2 fully saturated rings. The number of carbonyl (C=O) groups excluding carboxylic acids is 1. The molecule has 1 spiro atoms. The maximum Gasteiger partial charge on any atom is 0.249 e. The van der Waals surface area contributed by atoms with Crippen LogP contribution < -0.4 is 15.4 Å². The van der Waals surface area contributed by atoms with Crippen molar-refractivity contribution in [2.75, 3.05) is 13.2 Å². The van der Waals surface area contributed by atoms with Crippen LogP contribution in [0.3, 0.4) is 0 Å². The minimum Gasteiger partial charge on any atom is -0.471 e. The Labute approximate surface area is 238 Å². The maximum atomic E-state index is 13.0. The van der Waals surface area contributed by atoms with Crippen molar-refractivity contribution in [3.63, 3.8) is 0 Å². The Morgan fingerprint density at radius 1 is 1.25 bits per heavy atom. The monoisotopic (exact) mass is 545 g/mol. The number of hydrogen-bond donors (Lipinski definition) is 3. The second kappa shape index (κ2) is 11.9. The van der Waals surface area contributed by atoms with Gasteiger partial charge in [-0.15, -0.1) is 6.42 Å². The summed E-state index contributed by atoms with van der Waals surface area (Å²) in [5.74, 6) is 3.20. The van der Waals surface area contributed by atoms with Gasteiger partial charge >= 0.3 is 0 Å². The van der Waals surface area contributed by atoms with Gasteiger partial charge < -0.3 is 25.2 Å². The highest BCUT2D eigenvalue weighted by Gasteiger charge is 2.46. The summed E-state index contributed by atoms with van der Waals surface area (Å²) in [6.45, 7) is 7.58. The third-order valence-electron chi connectivity index (χ3n) is 8.34. The lowest BCUT2D eigenvalue weighted by Crippen LogP contribution is -2.53. The number of aliphatic hydroxyl groups excluding tert-OH is 1. The molecule has 4 atom stereocenters. The van der Waals surface area contributed by atoms with Crippen LogP contribution >= 0.6 is 0 Å². The summed E-state index contributed by atoms with van der Waals surface area (Å²) in [4.78, 5) is 17.7. The molecule has 40 heavy (non-hydrogen) atoms. The quantitative estimate of drug-likeness (QED) is 0.408. The third kappa shape index (κ3) is 6.86. The van der Waals surface area contributed by atoms with Crippen LogP contribution in [0.15, 0.2) is 36.5 Å². The average Bonchev–Trinajstić information content (AvgIpc) is 3.45. The molecule has 7 nitrogen and oxygen atoms in total. The lowest BCUT2D eigenvalue weighted by atomic mass is 9.73. The molecule has 3 N–H and O–H groups in total. The number of terminal acetylenes is 1. The molecule has 2 aliphatic heterocycles. The second-order valence-electron chi connectivity index (χ2n) is 13.0. The smallest absolute Gasteiger partial charge is 0.249 e. The molecule has 0 radical (unpaired) electrons. The molecule has 3 aliphatic rings. The van der Waals surface area contributed by atoms with Gasteiger partial charge in [0.05, 0.1) is 12.1 Å². The van der Waals surface area contributed by atoms with E-state index in [9.17, 15) is 9.90 Å². The first kappa shape index (κ1) is 28.6. The van der Waals surface area contributed by atoms with Crippen molar-refractivity contribution in [1.82, 2.24) is 15.6 Å². The Morgan fingerprint density at radius 2 is 2.08 bits per heavy atom. The minimum atomic E-state index is -0.825. The van der Waals surface area contributed by atoms with Gasteiger partial charge in [-0.2, -0.15) is 0 Å². The van der Waals surface area contributed by atoms with Crippen molar-refractivity contribution in [3.05, 3.63) is 58.8 Å². The first-order valence-electron chi connectivity index (χ1n) is 14.7. The summed E-state index contributed by atoms with van der Waals surface area (Å²) in [6.07, 6.45) is 13.2. The van der Waals surface area contributed by atoms with Crippen molar-refractivity contribution in [2.45, 2.75) is 102 Å². The van der Waals surface area contributed by atoms with Crippen molar-refractivity contribution >= 4 is 5.91 Å². The first-order chi connectivity index (χ1) is 19.1. The van der Waals surface area contributed by atoms with E-state index in [2.05, 4.69) is 43.4 Å². The predicted molar refractivity (Wildman–Crippen MR) is 155 cm³/mol. The van der Waals surface area contributed by atoms with E-state index in [4.69, 9.17) is 20.9 Å². The zero-order valence-corrected chi connectivity index (χ0v) is 24.0. The molecule has 5 rings (SSSR count). The van der Waals surface area contributed by atoms with Gasteiger partial charge in [0.2, 0.25) is 11.8 Å². The fraction of sp³-hybridized carbons (Fsp3) is 0.576. The van der Waals surface area contributed by atoms with Crippen molar-refractivity contribution in [3.8, 4) is 18.2 Å². The first-order valence-corrected chi connectivity index (χ1v) is 14.7. The fourth-order valence-electron chi connectivity index (χ4n) is 6.14. The Morgan fingerprint density at radius 3 is 2.75 bits per heavy atom. The van der Waals surface area contributed by atoms with Gasteiger partial charge in [-0.1, -0.05) is 38.8 Å². The standard InChI is InChI=1S/C33H43N3O4/c1-5-22-9-6-10-23(15-22)17-26(36-30(38)29-11-7-14-39-29)28(37)21-34-27-19-33(12-8-13-33)40-31-25(27)16-24(20-35-31)18-32(2,3)4/h1,6,9-10,15-16,20,26-29,34,37H,7-8,11-14,17-19,21H2,2-4H3,(H,36,38)/t26-,27-,28+,29-/m0/s1. The largest absolute Gasteiger partial charge is 0.471 e. The van der Waals surface area contributed by atoms with Crippen molar-refractivity contribution < 1.29 is 19.4 Å². The number of aliphatic hydroxyl groups is 1. The number of hydrogen-bond acceptors (Lipinski definition) is 6. The molecule has 1 aromatic heterocycles. The van der Waals surface area contributed by atoms with Crippen molar-refractivity contribution in [2.24, 2.45) is 5.41 Å². The van der Waals surface area contributed by atoms with E-state index in [1.165, 1.54) is 5.56 Å². The highest BCUT2D eigenvalue weighted by atomic mass is 16.5. The number of amides is 1. The SMILES string of the molecule is C#Cc1cccc(C[C@H](NC(=O)[C@@H]2CCCO2)[C@H](O)CN[C@H]2CC3(CCC3)Oc3ncc(CC(C)(C)C)cc32)c1. The van der Waals surface area contributed by atoms with Gasteiger partial charge in [0.15, 0.2) is 0 Å². The van der Waals surface area contributed by atoms with Crippen LogP contribution in [-0.4, -0.2) is 53.0 Å². The Hall–Kier alpha value is -2.92. The molecule has 2 aromatic rings. The van der Waals surface area contributed by atoms with E-state index in [0.29, 0.717) is 31.9 Å². The number of carbonyl (C=O) groups is 1. The molecular formula is C33H43N3O4. The van der Waals surface area contributed by atoms with Gasteiger partial charge in [-0.05, 0) is 79.7 Å². The van der Waals surface area contributed by atoms with Crippen LogP contribution in [0.4, 0.5) is 0 Å². The van der Waals surface area contributed by atoms with E-state index < -0.39 is 18.2 Å². The summed E-state index contributed by atoms with van der Waals surface area (Å²) in [5.41, 5.74) is 3.93. The molecule has 1 aromatic carbocycles. The number of benzene rings is 1. The van der Waals surface area contributed by atoms with E-state index >= 15 is 0 Å². The van der Waals surface area contributed by atoms with Gasteiger partial charge in [0.25, 0.3) is 0 Å². The molecule has 1 amide bonds. The Bertz CT molecular complexity index is 1240. The van der Waals surface area contributed by atoms with Gasteiger partial charge in [0.1, 0.15) is 11.7 Å². The normalized spacial score (nSPS) is 22.9. The molecule has 1 saturated carbocycles. The summed E-state index contributed by atoms with van der Waals surface area (Å²) < 4.78 is 12.0.